The maximum absolute atomic E-state index is 11.7. The van der Waals surface area contributed by atoms with Crippen molar-refractivity contribution in [2.45, 2.75) is 25.7 Å². The third-order valence-electron chi connectivity index (χ3n) is 2.85. The van der Waals surface area contributed by atoms with Crippen molar-refractivity contribution in [1.29, 1.82) is 0 Å². The van der Waals surface area contributed by atoms with Crippen LogP contribution in [0.15, 0.2) is 12.3 Å². The summed E-state index contributed by atoms with van der Waals surface area (Å²) in [6.45, 7) is 1.83. The second kappa shape index (κ2) is 3.92. The third-order valence-corrected chi connectivity index (χ3v) is 2.85. The predicted octanol–water partition coefficient (Wildman–Crippen LogP) is 0.492. The number of nitrogens with two attached hydrogens (primary N) is 1. The van der Waals surface area contributed by atoms with E-state index in [2.05, 4.69) is 10.3 Å². The van der Waals surface area contributed by atoms with Gasteiger partial charge in [-0.05, 0) is 25.0 Å². The van der Waals surface area contributed by atoms with Gasteiger partial charge >= 0.3 is 0 Å². The average molecular weight is 219 g/mol. The second-order valence-electron chi connectivity index (χ2n) is 3.91. The lowest BCUT2D eigenvalue weighted by molar-refractivity contribution is -0.134. The van der Waals surface area contributed by atoms with Crippen molar-refractivity contribution in [2.75, 3.05) is 5.73 Å². The molecule has 1 aliphatic rings. The van der Waals surface area contributed by atoms with Crippen LogP contribution in [-0.4, -0.2) is 16.8 Å². The van der Waals surface area contributed by atoms with E-state index in [1.54, 1.807) is 12.3 Å². The minimum absolute atomic E-state index is 0.220. The molecule has 16 heavy (non-hydrogen) atoms. The van der Waals surface area contributed by atoms with Crippen molar-refractivity contribution in [2.24, 2.45) is 0 Å². The summed E-state index contributed by atoms with van der Waals surface area (Å²) in [5.41, 5.74) is 7.87. The van der Waals surface area contributed by atoms with E-state index >= 15 is 0 Å². The number of amides is 2. The molecule has 1 fully saturated rings. The zero-order valence-electron chi connectivity index (χ0n) is 8.99. The Morgan fingerprint density at radius 1 is 1.50 bits per heavy atom. The number of pyridine rings is 1. The van der Waals surface area contributed by atoms with Gasteiger partial charge in [0.1, 0.15) is 0 Å². The molecule has 1 aliphatic heterocycles. The Balaban J connectivity index is 2.34. The van der Waals surface area contributed by atoms with Crippen LogP contribution in [0.2, 0.25) is 0 Å². The molecule has 2 heterocycles. The number of anilines is 1. The van der Waals surface area contributed by atoms with E-state index < -0.39 is 0 Å². The summed E-state index contributed by atoms with van der Waals surface area (Å²) in [5, 5.41) is 2.32. The highest BCUT2D eigenvalue weighted by Gasteiger charge is 2.30. The minimum atomic E-state index is -0.360. The number of carbonyl (C=O) groups excluding carboxylic acids is 2. The van der Waals surface area contributed by atoms with Gasteiger partial charge in [-0.2, -0.15) is 0 Å². The molecule has 84 valence electrons. The molecule has 1 unspecified atom stereocenters. The Morgan fingerprint density at radius 3 is 2.94 bits per heavy atom. The Morgan fingerprint density at radius 2 is 2.25 bits per heavy atom. The first-order chi connectivity index (χ1) is 7.59. The van der Waals surface area contributed by atoms with Crippen LogP contribution in [0.1, 0.15) is 30.0 Å². The number of nitrogens with zero attached hydrogens (tertiary/aromatic N) is 1. The number of carbonyl (C=O) groups is 2. The number of rotatable bonds is 1. The summed E-state index contributed by atoms with van der Waals surface area (Å²) in [6, 6.07) is 1.70. The van der Waals surface area contributed by atoms with Gasteiger partial charge < -0.3 is 5.73 Å². The summed E-state index contributed by atoms with van der Waals surface area (Å²) >= 11 is 0. The monoisotopic (exact) mass is 219 g/mol. The fraction of sp³-hybridized carbons (Fsp3) is 0.364. The van der Waals surface area contributed by atoms with Gasteiger partial charge in [0.25, 0.3) is 0 Å². The van der Waals surface area contributed by atoms with Crippen molar-refractivity contribution < 1.29 is 9.59 Å². The molecule has 0 bridgehead atoms. The molecule has 1 aromatic heterocycles. The first-order valence-electron chi connectivity index (χ1n) is 5.14. The maximum Gasteiger partial charge on any atom is 0.235 e. The van der Waals surface area contributed by atoms with Gasteiger partial charge in [-0.15, -0.1) is 0 Å². The van der Waals surface area contributed by atoms with Gasteiger partial charge in [0.2, 0.25) is 11.8 Å². The summed E-state index contributed by atoms with van der Waals surface area (Å²) < 4.78 is 0. The van der Waals surface area contributed by atoms with Gasteiger partial charge in [-0.3, -0.25) is 19.9 Å². The number of nitrogens with one attached hydrogen (secondary N) is 1. The van der Waals surface area contributed by atoms with Crippen LogP contribution >= 0.6 is 0 Å². The van der Waals surface area contributed by atoms with Crippen LogP contribution in [0.4, 0.5) is 5.69 Å². The highest BCUT2D eigenvalue weighted by molar-refractivity contribution is 6.00. The van der Waals surface area contributed by atoms with E-state index in [-0.39, 0.29) is 17.7 Å². The molecule has 3 N–H and O–H groups in total. The topological polar surface area (TPSA) is 85.1 Å². The normalized spacial score (nSPS) is 20.7. The molecular weight excluding hydrogens is 206 g/mol. The maximum atomic E-state index is 11.7. The molecule has 0 aliphatic carbocycles. The van der Waals surface area contributed by atoms with Crippen molar-refractivity contribution in [3.8, 4) is 0 Å². The number of hydrogen-bond acceptors (Lipinski definition) is 4. The van der Waals surface area contributed by atoms with Crippen LogP contribution in [0.5, 0.6) is 0 Å². The van der Waals surface area contributed by atoms with Crippen LogP contribution in [0.3, 0.4) is 0 Å². The van der Waals surface area contributed by atoms with Gasteiger partial charge in [-0.25, -0.2) is 0 Å². The quantitative estimate of drug-likeness (QED) is 0.673. The predicted molar refractivity (Wildman–Crippen MR) is 58.5 cm³/mol. The molecular formula is C11H13N3O2. The van der Waals surface area contributed by atoms with Crippen molar-refractivity contribution >= 4 is 17.5 Å². The first-order valence-corrected chi connectivity index (χ1v) is 5.14. The van der Waals surface area contributed by atoms with Gasteiger partial charge in [0, 0.05) is 18.3 Å². The Labute approximate surface area is 93.0 Å². The lowest BCUT2D eigenvalue weighted by Gasteiger charge is -2.21. The van der Waals surface area contributed by atoms with E-state index in [0.29, 0.717) is 24.2 Å². The fourth-order valence-corrected chi connectivity index (χ4v) is 1.87. The first kappa shape index (κ1) is 10.6. The number of imide groups is 1. The van der Waals surface area contributed by atoms with Crippen LogP contribution in [-0.2, 0) is 9.59 Å². The highest BCUT2D eigenvalue weighted by atomic mass is 16.2. The second-order valence-corrected chi connectivity index (χ2v) is 3.91. The Kier molecular flexibility index (Phi) is 2.60. The summed E-state index contributed by atoms with van der Waals surface area (Å²) in [5.74, 6) is -0.860. The number of piperidine rings is 1. The molecule has 0 spiro atoms. The van der Waals surface area contributed by atoms with E-state index in [4.69, 9.17) is 5.73 Å². The number of hydrogen-bond donors (Lipinski definition) is 2. The standard InChI is InChI=1S/C11H13N3O2/c1-6-8(12)4-5-13-10(6)7-2-3-9(15)14-11(7)16/h4-5,7H,2-3H2,1H3,(H2,12,13)(H,14,15,16). The van der Waals surface area contributed by atoms with E-state index in [0.717, 1.165) is 5.56 Å². The number of nitrogen functional groups attached to an aromatic ring is 1. The SMILES string of the molecule is Cc1c(N)ccnc1C1CCC(=O)NC1=O. The molecule has 0 radical (unpaired) electrons. The zero-order chi connectivity index (χ0) is 11.7. The minimum Gasteiger partial charge on any atom is -0.398 e. The van der Waals surface area contributed by atoms with Gasteiger partial charge in [0.05, 0.1) is 11.6 Å². The Hall–Kier alpha value is -1.91. The molecule has 2 amide bonds. The van der Waals surface area contributed by atoms with Crippen LogP contribution < -0.4 is 11.1 Å². The molecule has 2 rings (SSSR count). The molecule has 0 saturated carbocycles. The fourth-order valence-electron chi connectivity index (χ4n) is 1.87. The van der Waals surface area contributed by atoms with Crippen molar-refractivity contribution in [3.05, 3.63) is 23.5 Å². The van der Waals surface area contributed by atoms with Gasteiger partial charge in [-0.1, -0.05) is 0 Å². The lowest BCUT2D eigenvalue weighted by Crippen LogP contribution is -2.40. The summed E-state index contributed by atoms with van der Waals surface area (Å²) in [6.07, 6.45) is 2.44. The molecule has 1 aromatic rings. The summed E-state index contributed by atoms with van der Waals surface area (Å²) in [4.78, 5) is 26.9. The average Bonchev–Trinajstić information content (AvgIpc) is 2.23. The van der Waals surface area contributed by atoms with Crippen molar-refractivity contribution in [3.63, 3.8) is 0 Å². The molecule has 5 nitrogen and oxygen atoms in total. The highest BCUT2D eigenvalue weighted by Crippen LogP contribution is 2.27. The van der Waals surface area contributed by atoms with Crippen LogP contribution in [0, 0.1) is 6.92 Å². The smallest absolute Gasteiger partial charge is 0.235 e. The van der Waals surface area contributed by atoms with Crippen molar-refractivity contribution in [1.82, 2.24) is 10.3 Å². The summed E-state index contributed by atoms with van der Waals surface area (Å²) in [7, 11) is 0. The lowest BCUT2D eigenvalue weighted by atomic mass is 9.91. The Bertz CT molecular complexity index is 457. The van der Waals surface area contributed by atoms with E-state index in [1.165, 1.54) is 0 Å². The number of aromatic nitrogens is 1. The molecule has 1 saturated heterocycles. The van der Waals surface area contributed by atoms with Gasteiger partial charge in [0.15, 0.2) is 0 Å². The molecule has 5 heteroatoms. The zero-order valence-corrected chi connectivity index (χ0v) is 8.99. The van der Waals surface area contributed by atoms with Crippen LogP contribution in [0.25, 0.3) is 0 Å². The largest absolute Gasteiger partial charge is 0.398 e. The molecule has 0 aromatic carbocycles. The third kappa shape index (κ3) is 1.76. The molecule has 1 atom stereocenters. The van der Waals surface area contributed by atoms with E-state index in [1.807, 2.05) is 6.92 Å². The van der Waals surface area contributed by atoms with E-state index in [9.17, 15) is 9.59 Å².